The first-order valence-electron chi connectivity index (χ1n) is 4.25. The van der Waals surface area contributed by atoms with Crippen molar-refractivity contribution in [2.75, 3.05) is 18.1 Å². The van der Waals surface area contributed by atoms with Gasteiger partial charge in [-0.2, -0.15) is 0 Å². The Morgan fingerprint density at radius 1 is 1.83 bits per heavy atom. The molecule has 0 saturated carbocycles. The molecule has 70 valence electrons. The number of nitrogens with two attached hydrogens (primary N) is 1. The maximum absolute atomic E-state index is 11.5. The average molecular weight is 188 g/mol. The van der Waals surface area contributed by atoms with Crippen molar-refractivity contribution in [2.45, 2.75) is 25.9 Å². The number of hydrogen-bond acceptors (Lipinski definition) is 3. The monoisotopic (exact) mass is 188 g/mol. The van der Waals surface area contributed by atoms with E-state index in [0.29, 0.717) is 18.3 Å². The minimum atomic E-state index is 0.188. The molecule has 1 heterocycles. The summed E-state index contributed by atoms with van der Waals surface area (Å²) in [5, 5.41) is 0. The molecule has 0 spiro atoms. The fraction of sp³-hybridized carbons (Fsp3) is 0.875. The van der Waals surface area contributed by atoms with E-state index in [2.05, 4.69) is 6.92 Å². The van der Waals surface area contributed by atoms with Gasteiger partial charge in [-0.1, -0.05) is 0 Å². The number of carbonyl (C=O) groups excluding carboxylic acids is 1. The summed E-state index contributed by atoms with van der Waals surface area (Å²) in [4.78, 5) is 13.4. The summed E-state index contributed by atoms with van der Waals surface area (Å²) in [6, 6.07) is 0.531. The van der Waals surface area contributed by atoms with Crippen molar-refractivity contribution in [1.82, 2.24) is 4.90 Å². The molecule has 1 rings (SSSR count). The van der Waals surface area contributed by atoms with E-state index in [0.717, 1.165) is 5.75 Å². The van der Waals surface area contributed by atoms with Crippen molar-refractivity contribution in [1.29, 1.82) is 0 Å². The number of hydrogen-bond donors (Lipinski definition) is 1. The van der Waals surface area contributed by atoms with E-state index in [1.165, 1.54) is 0 Å². The molecule has 0 aliphatic carbocycles. The van der Waals surface area contributed by atoms with Gasteiger partial charge in [-0.3, -0.25) is 4.79 Å². The van der Waals surface area contributed by atoms with Gasteiger partial charge in [0.15, 0.2) is 0 Å². The molecule has 1 amide bonds. The van der Waals surface area contributed by atoms with Crippen LogP contribution in [-0.2, 0) is 4.79 Å². The largest absolute Gasteiger partial charge is 0.334 e. The van der Waals surface area contributed by atoms with Crippen LogP contribution in [0.1, 0.15) is 13.8 Å². The number of thioether (sulfide) groups is 1. The lowest BCUT2D eigenvalue weighted by Crippen LogP contribution is -2.52. The van der Waals surface area contributed by atoms with Crippen LogP contribution in [0.4, 0.5) is 0 Å². The highest BCUT2D eigenvalue weighted by Crippen LogP contribution is 2.19. The Bertz CT molecular complexity index is 170. The first-order chi connectivity index (χ1) is 5.66. The van der Waals surface area contributed by atoms with Crippen LogP contribution in [0.5, 0.6) is 0 Å². The molecular weight excluding hydrogens is 172 g/mol. The van der Waals surface area contributed by atoms with Gasteiger partial charge in [0.25, 0.3) is 0 Å². The van der Waals surface area contributed by atoms with E-state index in [9.17, 15) is 4.79 Å². The predicted molar refractivity (Wildman–Crippen MR) is 52.1 cm³/mol. The summed E-state index contributed by atoms with van der Waals surface area (Å²) in [6.45, 7) is 4.64. The van der Waals surface area contributed by atoms with Gasteiger partial charge in [0, 0.05) is 24.4 Å². The van der Waals surface area contributed by atoms with E-state index in [1.54, 1.807) is 11.8 Å². The summed E-state index contributed by atoms with van der Waals surface area (Å²) in [5.74, 6) is 1.89. The van der Waals surface area contributed by atoms with Crippen molar-refractivity contribution < 1.29 is 4.79 Å². The second-order valence-corrected chi connectivity index (χ2v) is 4.28. The maximum Gasteiger partial charge on any atom is 0.233 e. The zero-order valence-electron chi connectivity index (χ0n) is 7.62. The Kier molecular flexibility index (Phi) is 3.40. The summed E-state index contributed by atoms with van der Waals surface area (Å²) < 4.78 is 0. The SMILES string of the molecule is CC(CN)N1C(=O)CSCC1C. The molecule has 1 aliphatic heterocycles. The van der Waals surface area contributed by atoms with E-state index in [4.69, 9.17) is 5.73 Å². The summed E-state index contributed by atoms with van der Waals surface area (Å²) in [7, 11) is 0. The van der Waals surface area contributed by atoms with Gasteiger partial charge in [-0.15, -0.1) is 11.8 Å². The first kappa shape index (κ1) is 9.86. The fourth-order valence-corrected chi connectivity index (χ4v) is 2.45. The van der Waals surface area contributed by atoms with Gasteiger partial charge in [0.05, 0.1) is 5.75 Å². The number of rotatable bonds is 2. The van der Waals surface area contributed by atoms with Crippen molar-refractivity contribution in [2.24, 2.45) is 5.73 Å². The van der Waals surface area contributed by atoms with E-state index < -0.39 is 0 Å². The number of carbonyl (C=O) groups is 1. The molecule has 2 unspecified atom stereocenters. The second kappa shape index (κ2) is 4.14. The van der Waals surface area contributed by atoms with Crippen molar-refractivity contribution in [3.63, 3.8) is 0 Å². The van der Waals surface area contributed by atoms with Crippen LogP contribution in [0.25, 0.3) is 0 Å². The van der Waals surface area contributed by atoms with E-state index >= 15 is 0 Å². The van der Waals surface area contributed by atoms with Crippen LogP contribution in [0.2, 0.25) is 0 Å². The van der Waals surface area contributed by atoms with Crippen LogP contribution in [0.3, 0.4) is 0 Å². The van der Waals surface area contributed by atoms with E-state index in [-0.39, 0.29) is 11.9 Å². The topological polar surface area (TPSA) is 46.3 Å². The lowest BCUT2D eigenvalue weighted by Gasteiger charge is -2.37. The van der Waals surface area contributed by atoms with E-state index in [1.807, 2.05) is 11.8 Å². The zero-order chi connectivity index (χ0) is 9.14. The van der Waals surface area contributed by atoms with Gasteiger partial charge < -0.3 is 10.6 Å². The van der Waals surface area contributed by atoms with Crippen molar-refractivity contribution >= 4 is 17.7 Å². The molecule has 1 aliphatic rings. The van der Waals surface area contributed by atoms with Gasteiger partial charge in [-0.25, -0.2) is 0 Å². The third kappa shape index (κ3) is 1.93. The molecule has 0 aromatic carbocycles. The number of nitrogens with zero attached hydrogens (tertiary/aromatic N) is 1. The summed E-state index contributed by atoms with van der Waals surface area (Å²) >= 11 is 1.71. The van der Waals surface area contributed by atoms with Gasteiger partial charge in [0.2, 0.25) is 5.91 Å². The highest BCUT2D eigenvalue weighted by molar-refractivity contribution is 8.00. The van der Waals surface area contributed by atoms with Crippen LogP contribution < -0.4 is 5.73 Å². The molecule has 0 radical (unpaired) electrons. The Hall–Kier alpha value is -0.220. The maximum atomic E-state index is 11.5. The van der Waals surface area contributed by atoms with Crippen LogP contribution in [0, 0.1) is 0 Å². The van der Waals surface area contributed by atoms with Gasteiger partial charge in [0.1, 0.15) is 0 Å². The van der Waals surface area contributed by atoms with Gasteiger partial charge in [-0.05, 0) is 13.8 Å². The highest BCUT2D eigenvalue weighted by Gasteiger charge is 2.28. The van der Waals surface area contributed by atoms with Crippen molar-refractivity contribution in [3.05, 3.63) is 0 Å². The standard InChI is InChI=1S/C8H16N2OS/c1-6(3-9)10-7(2)4-12-5-8(10)11/h6-7H,3-5,9H2,1-2H3. The highest BCUT2D eigenvalue weighted by atomic mass is 32.2. The molecule has 0 aromatic heterocycles. The van der Waals surface area contributed by atoms with Crippen LogP contribution in [0.15, 0.2) is 0 Å². The third-order valence-corrected chi connectivity index (χ3v) is 3.33. The predicted octanol–water partition coefficient (Wildman–Crippen LogP) is 0.298. The third-order valence-electron chi connectivity index (χ3n) is 2.16. The molecule has 3 nitrogen and oxygen atoms in total. The molecular formula is C8H16N2OS. The number of amides is 1. The molecule has 12 heavy (non-hydrogen) atoms. The lowest BCUT2D eigenvalue weighted by atomic mass is 10.2. The fourth-order valence-electron chi connectivity index (χ4n) is 1.51. The Morgan fingerprint density at radius 3 is 3.00 bits per heavy atom. The molecule has 1 saturated heterocycles. The minimum Gasteiger partial charge on any atom is -0.334 e. The quantitative estimate of drug-likeness (QED) is 0.678. The molecule has 4 heteroatoms. The zero-order valence-corrected chi connectivity index (χ0v) is 8.43. The Balaban J connectivity index is 2.62. The smallest absolute Gasteiger partial charge is 0.233 e. The molecule has 0 aromatic rings. The summed E-state index contributed by atoms with van der Waals surface area (Å²) in [5.41, 5.74) is 5.53. The molecule has 2 N–H and O–H groups in total. The van der Waals surface area contributed by atoms with Crippen LogP contribution >= 0.6 is 11.8 Å². The summed E-state index contributed by atoms with van der Waals surface area (Å²) in [6.07, 6.45) is 0. The van der Waals surface area contributed by atoms with Gasteiger partial charge >= 0.3 is 0 Å². The normalized spacial score (nSPS) is 27.4. The van der Waals surface area contributed by atoms with Crippen LogP contribution in [-0.4, -0.2) is 40.9 Å². The van der Waals surface area contributed by atoms with Crippen molar-refractivity contribution in [3.8, 4) is 0 Å². The molecule has 2 atom stereocenters. The second-order valence-electron chi connectivity index (χ2n) is 3.25. The molecule has 1 fully saturated rings. The minimum absolute atomic E-state index is 0.188. The first-order valence-corrected chi connectivity index (χ1v) is 5.41. The average Bonchev–Trinajstić information content (AvgIpc) is 2.03. The lowest BCUT2D eigenvalue weighted by molar-refractivity contribution is -0.132. The molecule has 0 bridgehead atoms. The Labute approximate surface area is 77.7 Å². The Morgan fingerprint density at radius 2 is 2.50 bits per heavy atom.